The van der Waals surface area contributed by atoms with Crippen molar-refractivity contribution in [1.29, 1.82) is 0 Å². The molecule has 0 saturated heterocycles. The molecule has 1 heterocycles. The molecule has 3 aromatic carbocycles. The molecule has 1 aromatic heterocycles. The SMILES string of the molecule is CC(C)(C)c1cccc(C=CCS(=O)(=O)n2c(Cc3ccc(C(=O)O)cc3F)cc3cc(C(F)(F)F)ccc32)c1. The highest BCUT2D eigenvalue weighted by Crippen LogP contribution is 2.34. The van der Waals surface area contributed by atoms with Crippen LogP contribution in [-0.4, -0.2) is 29.2 Å². The van der Waals surface area contributed by atoms with E-state index in [-0.39, 0.29) is 39.6 Å². The Labute approximate surface area is 229 Å². The molecule has 5 nitrogen and oxygen atoms in total. The number of benzene rings is 3. The van der Waals surface area contributed by atoms with Crippen LogP contribution in [0.2, 0.25) is 0 Å². The zero-order valence-electron chi connectivity index (χ0n) is 22.0. The fourth-order valence-electron chi connectivity index (χ4n) is 4.38. The van der Waals surface area contributed by atoms with E-state index in [1.165, 1.54) is 24.3 Å². The number of fused-ring (bicyclic) bond motifs is 1. The number of hydrogen-bond acceptors (Lipinski definition) is 3. The summed E-state index contributed by atoms with van der Waals surface area (Å²) in [5.41, 5.74) is 0.565. The van der Waals surface area contributed by atoms with Gasteiger partial charge in [0.15, 0.2) is 0 Å². The highest BCUT2D eigenvalue weighted by Gasteiger charge is 2.31. The number of aromatic carboxylic acids is 1. The molecule has 0 aliphatic heterocycles. The Morgan fingerprint density at radius 1 is 0.950 bits per heavy atom. The molecule has 10 heteroatoms. The number of carbonyl (C=O) groups is 1. The maximum atomic E-state index is 14.7. The first kappa shape index (κ1) is 29.1. The van der Waals surface area contributed by atoms with Gasteiger partial charge in [-0.1, -0.05) is 63.3 Å². The number of nitrogens with zero attached hydrogens (tertiary/aromatic N) is 1. The van der Waals surface area contributed by atoms with Crippen LogP contribution in [0.3, 0.4) is 0 Å². The number of hydrogen-bond donors (Lipinski definition) is 1. The second-order valence-corrected chi connectivity index (χ2v) is 12.4. The molecule has 210 valence electrons. The Morgan fingerprint density at radius 3 is 2.30 bits per heavy atom. The largest absolute Gasteiger partial charge is 0.478 e. The van der Waals surface area contributed by atoms with Gasteiger partial charge in [-0.15, -0.1) is 0 Å². The number of carboxylic acid groups (broad SMARTS) is 1. The molecule has 1 N–H and O–H groups in total. The minimum atomic E-state index is -4.64. The second kappa shape index (κ2) is 10.6. The van der Waals surface area contributed by atoms with Gasteiger partial charge in [-0.05, 0) is 58.5 Å². The van der Waals surface area contributed by atoms with Crippen molar-refractivity contribution in [1.82, 2.24) is 3.97 Å². The first-order chi connectivity index (χ1) is 18.6. The molecule has 40 heavy (non-hydrogen) atoms. The van der Waals surface area contributed by atoms with Crippen molar-refractivity contribution >= 4 is 33.0 Å². The van der Waals surface area contributed by atoms with E-state index in [9.17, 15) is 30.8 Å². The van der Waals surface area contributed by atoms with Crippen molar-refractivity contribution in [3.8, 4) is 0 Å². The Bertz CT molecular complexity index is 1730. The van der Waals surface area contributed by atoms with Crippen LogP contribution in [-0.2, 0) is 28.0 Å². The van der Waals surface area contributed by atoms with E-state index >= 15 is 0 Å². The van der Waals surface area contributed by atoms with Crippen molar-refractivity contribution < 1.29 is 35.9 Å². The Balaban J connectivity index is 1.76. The number of halogens is 4. The topological polar surface area (TPSA) is 76.4 Å². The van der Waals surface area contributed by atoms with E-state index in [0.717, 1.165) is 39.4 Å². The molecule has 4 rings (SSSR count). The lowest BCUT2D eigenvalue weighted by atomic mass is 9.86. The van der Waals surface area contributed by atoms with Crippen LogP contribution in [0, 0.1) is 5.82 Å². The van der Waals surface area contributed by atoms with Crippen LogP contribution in [0.4, 0.5) is 17.6 Å². The summed E-state index contributed by atoms with van der Waals surface area (Å²) < 4.78 is 82.9. The van der Waals surface area contributed by atoms with Gasteiger partial charge >= 0.3 is 12.1 Å². The Morgan fingerprint density at radius 2 is 1.68 bits per heavy atom. The normalized spacial score (nSPS) is 12.9. The first-order valence-electron chi connectivity index (χ1n) is 12.3. The average Bonchev–Trinajstić information content (AvgIpc) is 3.22. The van der Waals surface area contributed by atoms with Gasteiger partial charge in [0.2, 0.25) is 10.0 Å². The molecule has 0 saturated carbocycles. The van der Waals surface area contributed by atoms with Crippen molar-refractivity contribution in [3.05, 3.63) is 112 Å². The fraction of sp³-hybridized carbons (Fsp3) is 0.233. The number of rotatable bonds is 7. The molecule has 4 aromatic rings. The summed E-state index contributed by atoms with van der Waals surface area (Å²) in [5, 5.41) is 9.12. The smallest absolute Gasteiger partial charge is 0.416 e. The van der Waals surface area contributed by atoms with Gasteiger partial charge in [0, 0.05) is 17.5 Å². The molecule has 0 fully saturated rings. The quantitative estimate of drug-likeness (QED) is 0.236. The van der Waals surface area contributed by atoms with Gasteiger partial charge in [-0.2, -0.15) is 13.2 Å². The first-order valence-corrected chi connectivity index (χ1v) is 13.9. The molecule has 0 spiro atoms. The van der Waals surface area contributed by atoms with E-state index in [1.807, 2.05) is 24.3 Å². The van der Waals surface area contributed by atoms with Crippen LogP contribution in [0.25, 0.3) is 17.0 Å². The van der Waals surface area contributed by atoms with Gasteiger partial charge < -0.3 is 5.11 Å². The third-order valence-corrected chi connectivity index (χ3v) is 8.08. The highest BCUT2D eigenvalue weighted by atomic mass is 32.2. The molecule has 0 unspecified atom stereocenters. The van der Waals surface area contributed by atoms with E-state index < -0.39 is 39.3 Å². The van der Waals surface area contributed by atoms with Gasteiger partial charge in [0.1, 0.15) is 5.82 Å². The van der Waals surface area contributed by atoms with Crippen molar-refractivity contribution in [2.45, 2.75) is 38.8 Å². The predicted molar refractivity (Wildman–Crippen MR) is 146 cm³/mol. The maximum Gasteiger partial charge on any atom is 0.416 e. The number of alkyl halides is 3. The number of aromatic nitrogens is 1. The predicted octanol–water partition coefficient (Wildman–Crippen LogP) is 7.28. The summed E-state index contributed by atoms with van der Waals surface area (Å²) in [7, 11) is -4.15. The summed E-state index contributed by atoms with van der Waals surface area (Å²) in [4.78, 5) is 11.2. The molecule has 0 atom stereocenters. The van der Waals surface area contributed by atoms with Gasteiger partial charge in [-0.25, -0.2) is 21.6 Å². The lowest BCUT2D eigenvalue weighted by molar-refractivity contribution is -0.137. The molecule has 0 aliphatic rings. The molecular weight excluding hydrogens is 546 g/mol. The summed E-state index contributed by atoms with van der Waals surface area (Å²) in [6.45, 7) is 6.17. The van der Waals surface area contributed by atoms with E-state index in [1.54, 1.807) is 6.08 Å². The molecule has 0 bridgehead atoms. The van der Waals surface area contributed by atoms with Crippen molar-refractivity contribution in [2.24, 2.45) is 0 Å². The minimum Gasteiger partial charge on any atom is -0.478 e. The van der Waals surface area contributed by atoms with Gasteiger partial charge in [0.25, 0.3) is 0 Å². The molecule has 0 radical (unpaired) electrons. The molecular formula is C30H27F4NO4S. The van der Waals surface area contributed by atoms with Crippen molar-refractivity contribution in [2.75, 3.05) is 5.75 Å². The lowest BCUT2D eigenvalue weighted by Crippen LogP contribution is -2.18. The van der Waals surface area contributed by atoms with E-state index in [2.05, 4.69) is 20.8 Å². The van der Waals surface area contributed by atoms with Gasteiger partial charge in [-0.3, -0.25) is 0 Å². The molecule has 0 amide bonds. The third-order valence-electron chi connectivity index (χ3n) is 6.48. The number of carboxylic acids is 1. The maximum absolute atomic E-state index is 14.7. The third kappa shape index (κ3) is 6.28. The van der Waals surface area contributed by atoms with E-state index in [0.29, 0.717) is 0 Å². The summed E-state index contributed by atoms with van der Waals surface area (Å²) in [5.74, 6) is -2.67. The van der Waals surface area contributed by atoms with Crippen molar-refractivity contribution in [3.63, 3.8) is 0 Å². The van der Waals surface area contributed by atoms with Crippen LogP contribution in [0.5, 0.6) is 0 Å². The monoisotopic (exact) mass is 573 g/mol. The van der Waals surface area contributed by atoms with Gasteiger partial charge in [0.05, 0.1) is 22.4 Å². The fourth-order valence-corrected chi connectivity index (χ4v) is 5.81. The minimum absolute atomic E-state index is 0.00478. The summed E-state index contributed by atoms with van der Waals surface area (Å²) >= 11 is 0. The molecule has 0 aliphatic carbocycles. The lowest BCUT2D eigenvalue weighted by Gasteiger charge is -2.19. The zero-order chi connectivity index (χ0) is 29.5. The Kier molecular flexibility index (Phi) is 7.68. The standard InChI is InChI=1S/C30H27F4NO4S/c1-29(2,3)23-8-4-6-19(14-23)7-5-13-40(38,39)35-25(16-20-9-10-21(28(36)37)18-26(20)31)17-22-15-24(30(32,33)34)11-12-27(22)35/h4-12,14-15,17-18H,13,16H2,1-3H3,(H,36,37). The van der Waals surface area contributed by atoms with Crippen LogP contribution in [0.1, 0.15) is 59.1 Å². The van der Waals surface area contributed by atoms with Crippen LogP contribution < -0.4 is 0 Å². The highest BCUT2D eigenvalue weighted by molar-refractivity contribution is 7.90. The van der Waals surface area contributed by atoms with E-state index in [4.69, 9.17) is 5.11 Å². The second-order valence-electron chi connectivity index (χ2n) is 10.5. The van der Waals surface area contributed by atoms with Crippen LogP contribution in [0.15, 0.2) is 72.8 Å². The van der Waals surface area contributed by atoms with Crippen LogP contribution >= 0.6 is 0 Å². The average molecular weight is 574 g/mol. The Hall–Kier alpha value is -3.92. The summed E-state index contributed by atoms with van der Waals surface area (Å²) in [6.07, 6.45) is -1.82. The summed E-state index contributed by atoms with van der Waals surface area (Å²) in [6, 6.07) is 14.8. The zero-order valence-corrected chi connectivity index (χ0v) is 22.8.